The molecular formula is C11H10O2S. The molecule has 0 fully saturated rings. The topological polar surface area (TPSA) is 18.5 Å². The quantitative estimate of drug-likeness (QED) is 0.713. The van der Waals surface area contributed by atoms with Crippen LogP contribution in [0, 0.1) is 0 Å². The molecule has 0 aliphatic carbocycles. The third kappa shape index (κ3) is 1.09. The number of benzene rings is 1. The van der Waals surface area contributed by atoms with Crippen LogP contribution in [-0.4, -0.2) is 6.79 Å². The molecule has 1 aliphatic heterocycles. The van der Waals surface area contributed by atoms with Crippen molar-refractivity contribution in [2.45, 2.75) is 13.3 Å². The molecule has 2 aromatic rings. The molecule has 0 N–H and O–H groups in total. The Bertz CT molecular complexity index is 446. The molecule has 0 bridgehead atoms. The van der Waals surface area contributed by atoms with Crippen molar-refractivity contribution in [1.82, 2.24) is 0 Å². The first-order valence-electron chi connectivity index (χ1n) is 4.69. The van der Waals surface area contributed by atoms with Gasteiger partial charge in [0.05, 0.1) is 0 Å². The Balaban J connectivity index is 2.25. The smallest absolute Gasteiger partial charge is 0.231 e. The van der Waals surface area contributed by atoms with Crippen molar-refractivity contribution in [3.8, 4) is 11.5 Å². The Hall–Kier alpha value is -1.22. The molecule has 1 aromatic heterocycles. The van der Waals surface area contributed by atoms with Crippen LogP contribution in [-0.2, 0) is 6.42 Å². The van der Waals surface area contributed by atoms with E-state index in [9.17, 15) is 0 Å². The zero-order chi connectivity index (χ0) is 9.54. The summed E-state index contributed by atoms with van der Waals surface area (Å²) in [5, 5.41) is 1.26. The van der Waals surface area contributed by atoms with E-state index in [0.29, 0.717) is 6.79 Å². The van der Waals surface area contributed by atoms with E-state index >= 15 is 0 Å². The number of thiophene rings is 1. The molecular weight excluding hydrogens is 196 g/mol. The van der Waals surface area contributed by atoms with Gasteiger partial charge in [-0.2, -0.15) is 0 Å². The second kappa shape index (κ2) is 2.89. The molecule has 1 aromatic carbocycles. The third-order valence-corrected chi connectivity index (χ3v) is 3.65. The summed E-state index contributed by atoms with van der Waals surface area (Å²) in [6.45, 7) is 2.53. The Morgan fingerprint density at radius 2 is 2.00 bits per heavy atom. The van der Waals surface area contributed by atoms with Gasteiger partial charge in [0.1, 0.15) is 0 Å². The summed E-state index contributed by atoms with van der Waals surface area (Å²) in [7, 11) is 0. The van der Waals surface area contributed by atoms with Gasteiger partial charge in [0, 0.05) is 15.6 Å². The molecule has 0 spiro atoms. The highest BCUT2D eigenvalue weighted by Crippen LogP contribution is 2.39. The van der Waals surface area contributed by atoms with Crippen molar-refractivity contribution < 1.29 is 9.47 Å². The lowest BCUT2D eigenvalue weighted by Crippen LogP contribution is -1.92. The highest BCUT2D eigenvalue weighted by Gasteiger charge is 2.15. The largest absolute Gasteiger partial charge is 0.454 e. The molecule has 0 amide bonds. The van der Waals surface area contributed by atoms with Gasteiger partial charge in [-0.25, -0.2) is 0 Å². The summed E-state index contributed by atoms with van der Waals surface area (Å²) in [5.41, 5.74) is 0. The van der Waals surface area contributed by atoms with Crippen LogP contribution in [0.25, 0.3) is 10.1 Å². The van der Waals surface area contributed by atoms with E-state index in [1.165, 1.54) is 15.0 Å². The highest BCUT2D eigenvalue weighted by molar-refractivity contribution is 7.19. The summed E-state index contributed by atoms with van der Waals surface area (Å²) in [6.07, 6.45) is 1.09. The van der Waals surface area contributed by atoms with Gasteiger partial charge in [-0.1, -0.05) is 6.92 Å². The Labute approximate surface area is 86.1 Å². The maximum atomic E-state index is 5.33. The fraction of sp³-hybridized carbons (Fsp3) is 0.273. The van der Waals surface area contributed by atoms with E-state index in [1.54, 1.807) is 0 Å². The van der Waals surface area contributed by atoms with E-state index in [1.807, 2.05) is 11.3 Å². The molecule has 3 heteroatoms. The fourth-order valence-electron chi connectivity index (χ4n) is 1.66. The molecule has 2 heterocycles. The SMILES string of the molecule is CCc1cc2cc3c(cc2s1)OCO3. The van der Waals surface area contributed by atoms with E-state index in [4.69, 9.17) is 9.47 Å². The minimum absolute atomic E-state index is 0.354. The van der Waals surface area contributed by atoms with Gasteiger partial charge in [0.15, 0.2) is 11.5 Å². The zero-order valence-corrected chi connectivity index (χ0v) is 8.69. The molecule has 0 atom stereocenters. The van der Waals surface area contributed by atoms with E-state index in [-0.39, 0.29) is 0 Å². The molecule has 0 radical (unpaired) electrons. The molecule has 72 valence electrons. The van der Waals surface area contributed by atoms with Gasteiger partial charge < -0.3 is 9.47 Å². The highest BCUT2D eigenvalue weighted by atomic mass is 32.1. The number of fused-ring (bicyclic) bond motifs is 2. The maximum Gasteiger partial charge on any atom is 0.231 e. The van der Waals surface area contributed by atoms with E-state index in [0.717, 1.165) is 17.9 Å². The Kier molecular flexibility index (Phi) is 1.67. The van der Waals surface area contributed by atoms with Gasteiger partial charge >= 0.3 is 0 Å². The predicted octanol–water partition coefficient (Wildman–Crippen LogP) is 3.19. The van der Waals surface area contributed by atoms with Crippen molar-refractivity contribution in [2.75, 3.05) is 6.79 Å². The van der Waals surface area contributed by atoms with Crippen LogP contribution < -0.4 is 9.47 Å². The van der Waals surface area contributed by atoms with Crippen molar-refractivity contribution in [3.05, 3.63) is 23.1 Å². The molecule has 14 heavy (non-hydrogen) atoms. The normalized spacial score (nSPS) is 13.8. The first-order chi connectivity index (χ1) is 6.86. The second-order valence-electron chi connectivity index (χ2n) is 3.31. The Morgan fingerprint density at radius 1 is 1.21 bits per heavy atom. The van der Waals surface area contributed by atoms with Crippen LogP contribution in [0.1, 0.15) is 11.8 Å². The molecule has 1 aliphatic rings. The molecule has 3 rings (SSSR count). The van der Waals surface area contributed by atoms with E-state index in [2.05, 4.69) is 25.1 Å². The van der Waals surface area contributed by atoms with Crippen LogP contribution in [0.2, 0.25) is 0 Å². The first kappa shape index (κ1) is 8.12. The number of hydrogen-bond acceptors (Lipinski definition) is 3. The van der Waals surface area contributed by atoms with Crippen LogP contribution in [0.3, 0.4) is 0 Å². The van der Waals surface area contributed by atoms with Gasteiger partial charge in [0.25, 0.3) is 0 Å². The monoisotopic (exact) mass is 206 g/mol. The summed E-state index contributed by atoms with van der Waals surface area (Å²) < 4.78 is 11.9. The van der Waals surface area contributed by atoms with Crippen molar-refractivity contribution in [1.29, 1.82) is 0 Å². The molecule has 0 saturated carbocycles. The second-order valence-corrected chi connectivity index (χ2v) is 4.48. The number of ether oxygens (including phenoxy) is 2. The van der Waals surface area contributed by atoms with Gasteiger partial charge in [-0.3, -0.25) is 0 Å². The average molecular weight is 206 g/mol. The molecule has 0 saturated heterocycles. The zero-order valence-electron chi connectivity index (χ0n) is 7.87. The van der Waals surface area contributed by atoms with Crippen LogP contribution in [0.5, 0.6) is 11.5 Å². The van der Waals surface area contributed by atoms with Crippen molar-refractivity contribution >= 4 is 21.4 Å². The molecule has 2 nitrogen and oxygen atoms in total. The summed E-state index contributed by atoms with van der Waals surface area (Å²) in [4.78, 5) is 1.41. The summed E-state index contributed by atoms with van der Waals surface area (Å²) >= 11 is 1.83. The van der Waals surface area contributed by atoms with Gasteiger partial charge in [-0.05, 0) is 23.9 Å². The number of rotatable bonds is 1. The lowest BCUT2D eigenvalue weighted by molar-refractivity contribution is 0.174. The standard InChI is InChI=1S/C11H10O2S/c1-2-8-3-7-4-9-10(13-6-12-9)5-11(7)14-8/h3-5H,2,6H2,1H3. The first-order valence-corrected chi connectivity index (χ1v) is 5.50. The van der Waals surface area contributed by atoms with Gasteiger partial charge in [0.2, 0.25) is 6.79 Å². The third-order valence-electron chi connectivity index (χ3n) is 2.41. The van der Waals surface area contributed by atoms with Crippen LogP contribution in [0.15, 0.2) is 18.2 Å². The van der Waals surface area contributed by atoms with Crippen molar-refractivity contribution in [2.24, 2.45) is 0 Å². The predicted molar refractivity (Wildman–Crippen MR) is 57.3 cm³/mol. The van der Waals surface area contributed by atoms with Gasteiger partial charge in [-0.15, -0.1) is 11.3 Å². The molecule has 0 unspecified atom stereocenters. The van der Waals surface area contributed by atoms with Crippen molar-refractivity contribution in [3.63, 3.8) is 0 Å². The fourth-order valence-corrected chi connectivity index (χ4v) is 2.67. The number of aryl methyl sites for hydroxylation is 1. The van der Waals surface area contributed by atoms with Crippen LogP contribution >= 0.6 is 11.3 Å². The number of hydrogen-bond donors (Lipinski definition) is 0. The maximum absolute atomic E-state index is 5.33. The van der Waals surface area contributed by atoms with Crippen LogP contribution in [0.4, 0.5) is 0 Å². The average Bonchev–Trinajstić information content (AvgIpc) is 2.77. The lowest BCUT2D eigenvalue weighted by Gasteiger charge is -1.94. The lowest BCUT2D eigenvalue weighted by atomic mass is 10.2. The summed E-state index contributed by atoms with van der Waals surface area (Å²) in [6, 6.07) is 6.36. The minimum Gasteiger partial charge on any atom is -0.454 e. The van der Waals surface area contributed by atoms with E-state index < -0.39 is 0 Å². The minimum atomic E-state index is 0.354. The summed E-state index contributed by atoms with van der Waals surface area (Å²) in [5.74, 6) is 1.75. The Morgan fingerprint density at radius 3 is 2.79 bits per heavy atom.